The van der Waals surface area contributed by atoms with Gasteiger partial charge < -0.3 is 9.13 Å². The first kappa shape index (κ1) is 26.4. The average Bonchev–Trinajstić information content (AvgIpc) is 3.08. The third-order valence-electron chi connectivity index (χ3n) is 7.98. The molecule has 0 radical (unpaired) electrons. The van der Waals surface area contributed by atoms with Crippen molar-refractivity contribution in [3.63, 3.8) is 0 Å². The maximum atomic E-state index is 15.9. The van der Waals surface area contributed by atoms with Gasteiger partial charge in [-0.05, 0) is 21.5 Å². The van der Waals surface area contributed by atoms with Crippen molar-refractivity contribution in [2.45, 2.75) is 0 Å². The number of fused-ring (bicyclic) bond motifs is 2. The van der Waals surface area contributed by atoms with Gasteiger partial charge in [-0.3, -0.25) is 0 Å². The van der Waals surface area contributed by atoms with Crippen molar-refractivity contribution in [3.8, 4) is 0 Å². The molecule has 42 heavy (non-hydrogen) atoms. The third-order valence-corrected chi connectivity index (χ3v) is 14.3. The molecule has 0 aromatic heterocycles. The monoisotopic (exact) mass is 578 g/mol. The van der Waals surface area contributed by atoms with Crippen LogP contribution in [-0.2, 0) is 9.13 Å². The normalized spacial score (nSPS) is 12.0. The van der Waals surface area contributed by atoms with Crippen LogP contribution in [0.25, 0.3) is 21.5 Å². The van der Waals surface area contributed by atoms with Crippen LogP contribution >= 0.6 is 14.3 Å². The fourth-order valence-electron chi connectivity index (χ4n) is 6.13. The van der Waals surface area contributed by atoms with Gasteiger partial charge in [0.05, 0.1) is 0 Å². The van der Waals surface area contributed by atoms with Gasteiger partial charge in [-0.1, -0.05) is 170 Å². The first-order valence-electron chi connectivity index (χ1n) is 14.0. The topological polar surface area (TPSA) is 34.1 Å². The summed E-state index contributed by atoms with van der Waals surface area (Å²) in [6, 6.07) is 55.2. The van der Waals surface area contributed by atoms with Crippen LogP contribution < -0.4 is 31.8 Å². The fraction of sp³-hybridized carbons (Fsp3) is 0. The highest BCUT2D eigenvalue weighted by Crippen LogP contribution is 2.51. The van der Waals surface area contributed by atoms with Gasteiger partial charge in [-0.15, -0.1) is 0 Å². The van der Waals surface area contributed by atoms with Gasteiger partial charge >= 0.3 is 0 Å². The van der Waals surface area contributed by atoms with E-state index in [2.05, 4.69) is 0 Å². The summed E-state index contributed by atoms with van der Waals surface area (Å²) in [4.78, 5) is 0. The van der Waals surface area contributed by atoms with Crippen LogP contribution in [0, 0.1) is 0 Å². The fourth-order valence-corrected chi connectivity index (χ4v) is 12.3. The summed E-state index contributed by atoms with van der Waals surface area (Å²) in [7, 11) is -6.75. The van der Waals surface area contributed by atoms with Crippen molar-refractivity contribution in [2.75, 3.05) is 0 Å². The van der Waals surface area contributed by atoms with Gasteiger partial charge in [-0.25, -0.2) is 0 Å². The SMILES string of the molecule is O=P(c1ccccc1)(c1ccccc1)c1c2ccccc2c(P(=O)(c2ccccc2)c2ccccc2)c2ccccc12. The second-order valence-corrected chi connectivity index (χ2v) is 15.7. The lowest BCUT2D eigenvalue weighted by molar-refractivity contribution is 0.591. The Labute approximate surface area is 246 Å². The molecule has 0 aliphatic rings. The van der Waals surface area contributed by atoms with E-state index in [1.165, 1.54) is 0 Å². The molecule has 0 N–H and O–H groups in total. The molecule has 0 fully saturated rings. The molecule has 0 heterocycles. The van der Waals surface area contributed by atoms with Gasteiger partial charge in [0.1, 0.15) is 0 Å². The molecule has 7 aromatic rings. The zero-order valence-electron chi connectivity index (χ0n) is 22.9. The number of rotatable bonds is 6. The standard InChI is InChI=1S/C38H28O2P2/c39-41(29-17-5-1-6-18-29,30-19-7-2-8-20-30)37-33-25-13-15-27-35(33)38(36-28-16-14-26-34(36)37)42(40,31-21-9-3-10-22-31)32-23-11-4-12-24-32/h1-28H. The maximum absolute atomic E-state index is 15.9. The highest BCUT2D eigenvalue weighted by Gasteiger charge is 2.38. The summed E-state index contributed by atoms with van der Waals surface area (Å²) >= 11 is 0. The molecule has 7 aromatic carbocycles. The van der Waals surface area contributed by atoms with Crippen LogP contribution in [0.2, 0.25) is 0 Å². The lowest BCUT2D eigenvalue weighted by Gasteiger charge is -2.28. The van der Waals surface area contributed by atoms with Gasteiger partial charge in [0.25, 0.3) is 0 Å². The van der Waals surface area contributed by atoms with Crippen molar-refractivity contribution >= 4 is 67.7 Å². The highest BCUT2D eigenvalue weighted by molar-refractivity contribution is 7.87. The second kappa shape index (κ2) is 10.7. The molecular formula is C38H28O2P2. The van der Waals surface area contributed by atoms with Crippen LogP contribution in [0.1, 0.15) is 0 Å². The second-order valence-electron chi connectivity index (χ2n) is 10.3. The summed E-state index contributed by atoms with van der Waals surface area (Å²) in [5.74, 6) is 0. The summed E-state index contributed by atoms with van der Waals surface area (Å²) in [6.45, 7) is 0. The van der Waals surface area contributed by atoms with Crippen molar-refractivity contribution in [2.24, 2.45) is 0 Å². The molecule has 4 heteroatoms. The van der Waals surface area contributed by atoms with Crippen LogP contribution in [0.15, 0.2) is 170 Å². The average molecular weight is 579 g/mol. The predicted molar refractivity (Wildman–Crippen MR) is 180 cm³/mol. The Morgan fingerprint density at radius 2 is 0.452 bits per heavy atom. The van der Waals surface area contributed by atoms with Gasteiger partial charge in [0.2, 0.25) is 0 Å². The van der Waals surface area contributed by atoms with Crippen LogP contribution in [-0.4, -0.2) is 0 Å². The minimum Gasteiger partial charge on any atom is -0.309 e. The Morgan fingerprint density at radius 1 is 0.262 bits per heavy atom. The number of benzene rings is 7. The summed E-state index contributed by atoms with van der Waals surface area (Å²) in [5, 5.41) is 8.07. The summed E-state index contributed by atoms with van der Waals surface area (Å²) < 4.78 is 31.8. The predicted octanol–water partition coefficient (Wildman–Crippen LogP) is 7.27. The number of hydrogen-bond donors (Lipinski definition) is 0. The van der Waals surface area contributed by atoms with E-state index in [1.807, 2.05) is 170 Å². The van der Waals surface area contributed by atoms with E-state index in [4.69, 9.17) is 0 Å². The van der Waals surface area contributed by atoms with Crippen molar-refractivity contribution in [3.05, 3.63) is 170 Å². The summed E-state index contributed by atoms with van der Waals surface area (Å²) in [5.41, 5.74) is 0. The molecule has 202 valence electrons. The maximum Gasteiger partial charge on any atom is 0.172 e. The lowest BCUT2D eigenvalue weighted by Crippen LogP contribution is -2.31. The van der Waals surface area contributed by atoms with Crippen LogP contribution in [0.4, 0.5) is 0 Å². The molecule has 0 aliphatic carbocycles. The minimum absolute atomic E-state index is 0.772. The van der Waals surface area contributed by atoms with E-state index >= 15 is 9.13 Å². The molecule has 0 spiro atoms. The quantitative estimate of drug-likeness (QED) is 0.154. The Bertz CT molecular complexity index is 1830. The van der Waals surface area contributed by atoms with E-state index in [1.54, 1.807) is 0 Å². The van der Waals surface area contributed by atoms with Gasteiger partial charge in [0, 0.05) is 31.8 Å². The molecule has 0 bridgehead atoms. The lowest BCUT2D eigenvalue weighted by atomic mass is 10.0. The Hall–Kier alpha value is -4.48. The Morgan fingerprint density at radius 3 is 0.667 bits per heavy atom. The van der Waals surface area contributed by atoms with E-state index < -0.39 is 14.3 Å². The molecule has 7 rings (SSSR count). The zero-order chi connectivity index (χ0) is 28.6. The largest absolute Gasteiger partial charge is 0.309 e. The molecule has 0 amide bonds. The van der Waals surface area contributed by atoms with Crippen molar-refractivity contribution in [1.82, 2.24) is 0 Å². The first-order valence-corrected chi connectivity index (χ1v) is 17.4. The minimum atomic E-state index is -3.37. The van der Waals surface area contributed by atoms with Gasteiger partial charge in [-0.2, -0.15) is 0 Å². The molecule has 0 saturated heterocycles. The van der Waals surface area contributed by atoms with Crippen LogP contribution in [0.3, 0.4) is 0 Å². The Balaban J connectivity index is 1.70. The van der Waals surface area contributed by atoms with Crippen molar-refractivity contribution in [1.29, 1.82) is 0 Å². The summed E-state index contributed by atoms with van der Waals surface area (Å²) in [6.07, 6.45) is 0. The molecular weight excluding hydrogens is 550 g/mol. The molecule has 2 nitrogen and oxygen atoms in total. The smallest absolute Gasteiger partial charge is 0.172 e. The molecule has 0 unspecified atom stereocenters. The van der Waals surface area contributed by atoms with Crippen molar-refractivity contribution < 1.29 is 9.13 Å². The molecule has 0 aliphatic heterocycles. The highest BCUT2D eigenvalue weighted by atomic mass is 31.2. The third kappa shape index (κ3) is 4.11. The van der Waals surface area contributed by atoms with E-state index in [0.717, 1.165) is 53.4 Å². The number of hydrogen-bond acceptors (Lipinski definition) is 2. The molecule has 0 atom stereocenters. The van der Waals surface area contributed by atoms with E-state index in [0.29, 0.717) is 0 Å². The van der Waals surface area contributed by atoms with E-state index in [-0.39, 0.29) is 0 Å². The van der Waals surface area contributed by atoms with Gasteiger partial charge in [0.15, 0.2) is 14.3 Å². The first-order chi connectivity index (χ1) is 20.6. The molecule has 0 saturated carbocycles. The van der Waals surface area contributed by atoms with E-state index in [9.17, 15) is 0 Å². The Kier molecular flexibility index (Phi) is 6.75. The zero-order valence-corrected chi connectivity index (χ0v) is 24.7. The van der Waals surface area contributed by atoms with Crippen LogP contribution in [0.5, 0.6) is 0 Å².